The molecule has 146 valence electrons. The average Bonchev–Trinajstić information content (AvgIpc) is 2.59. The van der Waals surface area contributed by atoms with E-state index in [0.29, 0.717) is 36.7 Å². The van der Waals surface area contributed by atoms with Gasteiger partial charge in [-0.15, -0.1) is 0 Å². The highest BCUT2D eigenvalue weighted by molar-refractivity contribution is 5.33. The fourth-order valence-electron chi connectivity index (χ4n) is 3.44. The molecule has 5 nitrogen and oxygen atoms in total. The Bertz CT molecular complexity index is 751. The number of hydrogen-bond donors (Lipinski definition) is 2. The fraction of sp³-hybridized carbons (Fsp3) is 0.550. The number of anilines is 2. The minimum absolute atomic E-state index is 0.0164. The van der Waals surface area contributed by atoms with Crippen LogP contribution in [0.2, 0.25) is 0 Å². The Morgan fingerprint density at radius 2 is 1.96 bits per heavy atom. The van der Waals surface area contributed by atoms with Gasteiger partial charge in [0, 0.05) is 6.04 Å². The van der Waals surface area contributed by atoms with Gasteiger partial charge in [-0.2, -0.15) is 15.0 Å². The normalized spacial score (nSPS) is 16.6. The van der Waals surface area contributed by atoms with Crippen molar-refractivity contribution in [3.63, 3.8) is 0 Å². The molecule has 0 spiro atoms. The van der Waals surface area contributed by atoms with Gasteiger partial charge in [0.2, 0.25) is 11.9 Å². The first kappa shape index (κ1) is 19.5. The number of rotatable bonds is 9. The van der Waals surface area contributed by atoms with Crippen LogP contribution >= 0.6 is 0 Å². The molecule has 2 aromatic rings. The van der Waals surface area contributed by atoms with Gasteiger partial charge in [0.25, 0.3) is 0 Å². The quantitative estimate of drug-likeness (QED) is 0.669. The van der Waals surface area contributed by atoms with Crippen LogP contribution in [0.15, 0.2) is 24.3 Å². The van der Waals surface area contributed by atoms with Gasteiger partial charge in [-0.1, -0.05) is 38.0 Å². The third kappa shape index (κ3) is 5.11. The molecule has 0 radical (unpaired) electrons. The lowest BCUT2D eigenvalue weighted by Crippen LogP contribution is -2.35. The number of nitrogens with two attached hydrogens (primary N) is 1. The van der Waals surface area contributed by atoms with Crippen molar-refractivity contribution < 1.29 is 8.78 Å². The summed E-state index contributed by atoms with van der Waals surface area (Å²) in [6.07, 6.45) is 4.59. The molecule has 1 saturated carbocycles. The van der Waals surface area contributed by atoms with Crippen LogP contribution in [0, 0.1) is 11.7 Å². The van der Waals surface area contributed by atoms with Crippen molar-refractivity contribution in [1.29, 1.82) is 0 Å². The predicted octanol–water partition coefficient (Wildman–Crippen LogP) is 4.62. The molecular formula is C20H27F2N5. The summed E-state index contributed by atoms with van der Waals surface area (Å²) in [4.78, 5) is 12.3. The number of hydrogen-bond acceptors (Lipinski definition) is 5. The third-order valence-electron chi connectivity index (χ3n) is 5.21. The van der Waals surface area contributed by atoms with Crippen LogP contribution in [-0.2, 0) is 6.42 Å². The molecule has 0 bridgehead atoms. The van der Waals surface area contributed by atoms with Crippen molar-refractivity contribution in [3.8, 4) is 0 Å². The van der Waals surface area contributed by atoms with Crippen LogP contribution in [-0.4, -0.2) is 21.0 Å². The minimum atomic E-state index is -1.25. The average molecular weight is 375 g/mol. The molecule has 0 aliphatic heterocycles. The molecule has 1 aromatic carbocycles. The summed E-state index contributed by atoms with van der Waals surface area (Å²) in [5.41, 5.74) is 6.46. The van der Waals surface area contributed by atoms with Crippen LogP contribution in [0.25, 0.3) is 0 Å². The monoisotopic (exact) mass is 375 g/mol. The zero-order valence-corrected chi connectivity index (χ0v) is 15.7. The molecule has 0 amide bonds. The van der Waals surface area contributed by atoms with Crippen LogP contribution in [0.4, 0.5) is 20.7 Å². The molecule has 1 aromatic heterocycles. The molecular weight excluding hydrogens is 348 g/mol. The number of nitrogens with zero attached hydrogens (tertiary/aromatic N) is 3. The van der Waals surface area contributed by atoms with Crippen molar-refractivity contribution in [2.75, 3.05) is 11.1 Å². The molecule has 0 unspecified atom stereocenters. The lowest BCUT2D eigenvalue weighted by atomic mass is 9.78. The number of nitrogen functional groups attached to an aromatic ring is 1. The maximum absolute atomic E-state index is 14.2. The molecule has 1 aliphatic rings. The Morgan fingerprint density at radius 1 is 1.19 bits per heavy atom. The number of benzene rings is 1. The highest BCUT2D eigenvalue weighted by Crippen LogP contribution is 2.33. The minimum Gasteiger partial charge on any atom is -0.368 e. The number of aryl methyl sites for hydroxylation is 1. The van der Waals surface area contributed by atoms with Gasteiger partial charge in [0.1, 0.15) is 5.82 Å². The molecule has 27 heavy (non-hydrogen) atoms. The highest BCUT2D eigenvalue weighted by Gasteiger charge is 2.28. The van der Waals surface area contributed by atoms with Crippen molar-refractivity contribution >= 4 is 11.9 Å². The summed E-state index contributed by atoms with van der Waals surface area (Å²) in [6, 6.07) is 6.93. The van der Waals surface area contributed by atoms with E-state index in [-0.39, 0.29) is 23.6 Å². The van der Waals surface area contributed by atoms with Gasteiger partial charge < -0.3 is 11.1 Å². The fourth-order valence-corrected chi connectivity index (χ4v) is 3.44. The predicted molar refractivity (Wildman–Crippen MR) is 102 cm³/mol. The van der Waals surface area contributed by atoms with E-state index in [9.17, 15) is 8.78 Å². The highest BCUT2D eigenvalue weighted by atomic mass is 19.1. The first-order chi connectivity index (χ1) is 13.1. The Morgan fingerprint density at radius 3 is 2.63 bits per heavy atom. The van der Waals surface area contributed by atoms with E-state index in [1.807, 2.05) is 19.1 Å². The van der Waals surface area contributed by atoms with E-state index in [1.54, 1.807) is 6.07 Å². The van der Waals surface area contributed by atoms with Crippen LogP contribution in [0.5, 0.6) is 0 Å². The summed E-state index contributed by atoms with van der Waals surface area (Å²) in [6.45, 7) is 1.91. The second kappa shape index (κ2) is 9.06. The SMILES string of the molecule is CCC[C@@H](F)c1nc(N)nc(N[C@@H](CCc2ccccc2F)C2CCC2)n1. The molecule has 0 saturated heterocycles. The van der Waals surface area contributed by atoms with Crippen LogP contribution < -0.4 is 11.1 Å². The molecule has 3 rings (SSSR count). The van der Waals surface area contributed by atoms with Crippen LogP contribution in [0.3, 0.4) is 0 Å². The third-order valence-corrected chi connectivity index (χ3v) is 5.21. The summed E-state index contributed by atoms with van der Waals surface area (Å²) >= 11 is 0. The van der Waals surface area contributed by atoms with E-state index in [1.165, 1.54) is 12.5 Å². The summed E-state index contributed by atoms with van der Waals surface area (Å²) in [5.74, 6) is 0.698. The maximum Gasteiger partial charge on any atom is 0.228 e. The van der Waals surface area contributed by atoms with Crippen LogP contribution in [0.1, 0.15) is 63.0 Å². The lowest BCUT2D eigenvalue weighted by Gasteiger charge is -2.34. The smallest absolute Gasteiger partial charge is 0.228 e. The molecule has 1 aliphatic carbocycles. The maximum atomic E-state index is 14.2. The Labute approximate surface area is 158 Å². The van der Waals surface area contributed by atoms with E-state index < -0.39 is 6.17 Å². The van der Waals surface area contributed by atoms with Gasteiger partial charge in [0.15, 0.2) is 12.0 Å². The van der Waals surface area contributed by atoms with E-state index >= 15 is 0 Å². The molecule has 1 heterocycles. The zero-order valence-electron chi connectivity index (χ0n) is 15.7. The molecule has 1 fully saturated rings. The van der Waals surface area contributed by atoms with Crippen molar-refractivity contribution in [2.24, 2.45) is 5.92 Å². The second-order valence-corrected chi connectivity index (χ2v) is 7.20. The number of alkyl halides is 1. The Balaban J connectivity index is 1.72. The van der Waals surface area contributed by atoms with Crippen molar-refractivity contribution in [1.82, 2.24) is 15.0 Å². The van der Waals surface area contributed by atoms with Gasteiger partial charge in [-0.05, 0) is 49.7 Å². The van der Waals surface area contributed by atoms with Gasteiger partial charge in [-0.25, -0.2) is 8.78 Å². The molecule has 7 heteroatoms. The number of nitrogens with one attached hydrogen (secondary N) is 1. The lowest BCUT2D eigenvalue weighted by molar-refractivity contribution is 0.264. The largest absolute Gasteiger partial charge is 0.368 e. The topological polar surface area (TPSA) is 76.7 Å². The molecule has 2 atom stereocenters. The van der Waals surface area contributed by atoms with E-state index in [0.717, 1.165) is 19.3 Å². The van der Waals surface area contributed by atoms with Crippen molar-refractivity contribution in [2.45, 2.75) is 64.1 Å². The summed E-state index contributed by atoms with van der Waals surface area (Å²) in [5, 5.41) is 3.32. The first-order valence-corrected chi connectivity index (χ1v) is 9.72. The van der Waals surface area contributed by atoms with Crippen molar-refractivity contribution in [3.05, 3.63) is 41.5 Å². The van der Waals surface area contributed by atoms with E-state index in [4.69, 9.17) is 5.73 Å². The molecule has 3 N–H and O–H groups in total. The van der Waals surface area contributed by atoms with Gasteiger partial charge in [-0.3, -0.25) is 0 Å². The standard InChI is InChI=1S/C20H27F2N5/c1-2-6-16(22)18-25-19(23)27-20(26-18)24-17(14-8-5-9-14)12-11-13-7-3-4-10-15(13)21/h3-4,7,10,14,16-17H,2,5-6,8-9,11-12H2,1H3,(H3,23,24,25,26,27)/t16-,17+/m1/s1. The summed E-state index contributed by atoms with van der Waals surface area (Å²) < 4.78 is 28.1. The number of halogens is 2. The van der Waals surface area contributed by atoms with Gasteiger partial charge >= 0.3 is 0 Å². The zero-order chi connectivity index (χ0) is 19.2. The van der Waals surface area contributed by atoms with E-state index in [2.05, 4.69) is 20.3 Å². The van der Waals surface area contributed by atoms with Gasteiger partial charge in [0.05, 0.1) is 0 Å². The Hall–Kier alpha value is -2.31. The summed E-state index contributed by atoms with van der Waals surface area (Å²) in [7, 11) is 0. The number of aromatic nitrogens is 3. The first-order valence-electron chi connectivity index (χ1n) is 9.72. The Kier molecular flexibility index (Phi) is 6.53. The second-order valence-electron chi connectivity index (χ2n) is 7.20.